The number of amides is 1. The van der Waals surface area contributed by atoms with Crippen LogP contribution in [0.25, 0.3) is 0 Å². The maximum atomic E-state index is 11.3. The Balaban J connectivity index is 0.000000980. The van der Waals surface area contributed by atoms with E-state index in [1.165, 1.54) is 0 Å². The molecule has 0 aromatic heterocycles. The van der Waals surface area contributed by atoms with E-state index in [1.807, 2.05) is 0 Å². The Bertz CT molecular complexity index is 213. The van der Waals surface area contributed by atoms with Gasteiger partial charge in [0.25, 0.3) is 0 Å². The summed E-state index contributed by atoms with van der Waals surface area (Å²) in [4.78, 5) is 11.3. The van der Waals surface area contributed by atoms with E-state index in [9.17, 15) is 4.79 Å². The van der Waals surface area contributed by atoms with Gasteiger partial charge < -0.3 is 15.4 Å². The van der Waals surface area contributed by atoms with Crippen molar-refractivity contribution in [1.82, 2.24) is 10.6 Å². The zero-order valence-corrected chi connectivity index (χ0v) is 9.10. The van der Waals surface area contributed by atoms with Crippen LogP contribution in [-0.4, -0.2) is 37.7 Å². The fraction of sp³-hybridized carbons (Fsp3) is 0.889. The van der Waals surface area contributed by atoms with Gasteiger partial charge in [-0.2, -0.15) is 0 Å². The SMILES string of the molecule is CNC(=O)[C@@H]1CC[C@H]2NCC[C@H]2O1.Cl. The molecule has 0 spiro atoms. The molecule has 4 nitrogen and oxygen atoms in total. The summed E-state index contributed by atoms with van der Waals surface area (Å²) in [6, 6.07) is 0.487. The third kappa shape index (κ3) is 2.19. The lowest BCUT2D eigenvalue weighted by Gasteiger charge is -2.31. The Hall–Kier alpha value is -0.320. The second-order valence-corrected chi connectivity index (χ2v) is 3.70. The van der Waals surface area contributed by atoms with Crippen molar-refractivity contribution in [3.05, 3.63) is 0 Å². The molecule has 0 aromatic rings. The summed E-state index contributed by atoms with van der Waals surface area (Å²) in [5.41, 5.74) is 0. The summed E-state index contributed by atoms with van der Waals surface area (Å²) < 4.78 is 5.69. The van der Waals surface area contributed by atoms with Crippen LogP contribution in [0.2, 0.25) is 0 Å². The third-order valence-electron chi connectivity index (χ3n) is 2.90. The van der Waals surface area contributed by atoms with Crippen molar-refractivity contribution in [3.63, 3.8) is 0 Å². The second kappa shape index (κ2) is 4.96. The molecule has 2 heterocycles. The minimum Gasteiger partial charge on any atom is -0.363 e. The summed E-state index contributed by atoms with van der Waals surface area (Å²) >= 11 is 0. The van der Waals surface area contributed by atoms with E-state index in [-0.39, 0.29) is 30.5 Å². The van der Waals surface area contributed by atoms with Gasteiger partial charge in [-0.15, -0.1) is 12.4 Å². The van der Waals surface area contributed by atoms with E-state index in [1.54, 1.807) is 7.05 Å². The van der Waals surface area contributed by atoms with Crippen LogP contribution in [0.4, 0.5) is 0 Å². The van der Waals surface area contributed by atoms with Gasteiger partial charge in [0.05, 0.1) is 6.10 Å². The molecule has 0 aromatic carbocycles. The van der Waals surface area contributed by atoms with E-state index < -0.39 is 0 Å². The third-order valence-corrected chi connectivity index (χ3v) is 2.90. The molecule has 1 amide bonds. The molecular formula is C9H17ClN2O2. The number of hydrogen-bond donors (Lipinski definition) is 2. The number of likely N-dealkylation sites (N-methyl/N-ethyl adjacent to an activating group) is 1. The largest absolute Gasteiger partial charge is 0.363 e. The number of rotatable bonds is 1. The molecule has 82 valence electrons. The van der Waals surface area contributed by atoms with E-state index in [4.69, 9.17) is 4.74 Å². The minimum absolute atomic E-state index is 0. The number of fused-ring (bicyclic) bond motifs is 1. The average Bonchev–Trinajstić information content (AvgIpc) is 2.63. The van der Waals surface area contributed by atoms with Crippen LogP contribution in [0, 0.1) is 0 Å². The number of nitrogens with one attached hydrogen (secondary N) is 2. The molecule has 5 heteroatoms. The van der Waals surface area contributed by atoms with Crippen LogP contribution < -0.4 is 10.6 Å². The van der Waals surface area contributed by atoms with E-state index in [0.717, 1.165) is 25.8 Å². The molecule has 2 N–H and O–H groups in total. The summed E-state index contributed by atoms with van der Waals surface area (Å²) in [5.74, 6) is 0.0188. The Morgan fingerprint density at radius 2 is 2.21 bits per heavy atom. The fourth-order valence-corrected chi connectivity index (χ4v) is 2.16. The minimum atomic E-state index is -0.217. The van der Waals surface area contributed by atoms with Crippen molar-refractivity contribution >= 4 is 18.3 Å². The van der Waals surface area contributed by atoms with Crippen LogP contribution in [0.1, 0.15) is 19.3 Å². The van der Waals surface area contributed by atoms with Gasteiger partial charge in [-0.05, 0) is 25.8 Å². The lowest BCUT2D eigenvalue weighted by molar-refractivity contribution is -0.141. The van der Waals surface area contributed by atoms with Crippen LogP contribution in [-0.2, 0) is 9.53 Å². The lowest BCUT2D eigenvalue weighted by atomic mass is 9.99. The van der Waals surface area contributed by atoms with Crippen molar-refractivity contribution in [2.75, 3.05) is 13.6 Å². The predicted octanol–water partition coefficient (Wildman–Crippen LogP) is 0.0637. The molecule has 0 bridgehead atoms. The van der Waals surface area contributed by atoms with Gasteiger partial charge in [0.2, 0.25) is 5.91 Å². The molecule has 3 atom stereocenters. The quantitative estimate of drug-likeness (QED) is 0.658. The topological polar surface area (TPSA) is 50.4 Å². The Morgan fingerprint density at radius 1 is 1.43 bits per heavy atom. The molecule has 2 saturated heterocycles. The van der Waals surface area contributed by atoms with Crippen molar-refractivity contribution in [2.45, 2.75) is 37.5 Å². The zero-order chi connectivity index (χ0) is 9.26. The summed E-state index contributed by atoms with van der Waals surface area (Å²) in [6.45, 7) is 1.02. The highest BCUT2D eigenvalue weighted by atomic mass is 35.5. The van der Waals surface area contributed by atoms with Crippen LogP contribution in [0.5, 0.6) is 0 Å². The second-order valence-electron chi connectivity index (χ2n) is 3.70. The molecule has 14 heavy (non-hydrogen) atoms. The van der Waals surface area contributed by atoms with Crippen LogP contribution >= 0.6 is 12.4 Å². The standard InChI is InChI=1S/C9H16N2O2.ClH/c1-10-9(12)8-3-2-6-7(13-8)4-5-11-6;/h6-8,11H,2-5H2,1H3,(H,10,12);1H/t6-,7-,8+;/m1./s1. The Labute approximate surface area is 90.2 Å². The molecule has 2 aliphatic rings. The summed E-state index contributed by atoms with van der Waals surface area (Å²) in [7, 11) is 1.66. The van der Waals surface area contributed by atoms with Crippen molar-refractivity contribution in [1.29, 1.82) is 0 Å². The van der Waals surface area contributed by atoms with Crippen molar-refractivity contribution in [3.8, 4) is 0 Å². The number of halogens is 1. The smallest absolute Gasteiger partial charge is 0.248 e. The van der Waals surface area contributed by atoms with Gasteiger partial charge in [-0.3, -0.25) is 4.79 Å². The van der Waals surface area contributed by atoms with E-state index >= 15 is 0 Å². The zero-order valence-electron chi connectivity index (χ0n) is 8.29. The van der Waals surface area contributed by atoms with Crippen molar-refractivity contribution < 1.29 is 9.53 Å². The summed E-state index contributed by atoms with van der Waals surface area (Å²) in [6.07, 6.45) is 2.98. The molecule has 2 fully saturated rings. The Kier molecular flexibility index (Phi) is 4.16. The maximum absolute atomic E-state index is 11.3. The monoisotopic (exact) mass is 220 g/mol. The lowest BCUT2D eigenvalue weighted by Crippen LogP contribution is -2.46. The van der Waals surface area contributed by atoms with Gasteiger partial charge in [0.1, 0.15) is 6.10 Å². The average molecular weight is 221 g/mol. The van der Waals surface area contributed by atoms with Gasteiger partial charge in [0.15, 0.2) is 0 Å². The number of carbonyl (C=O) groups is 1. The maximum Gasteiger partial charge on any atom is 0.248 e. The van der Waals surface area contributed by atoms with Gasteiger partial charge in [-0.1, -0.05) is 0 Å². The van der Waals surface area contributed by atoms with Gasteiger partial charge in [0, 0.05) is 13.1 Å². The van der Waals surface area contributed by atoms with E-state index in [2.05, 4.69) is 10.6 Å². The molecular weight excluding hydrogens is 204 g/mol. The number of ether oxygens (including phenoxy) is 1. The molecule has 0 radical (unpaired) electrons. The first kappa shape index (κ1) is 11.8. The molecule has 2 aliphatic heterocycles. The summed E-state index contributed by atoms with van der Waals surface area (Å²) in [5, 5.41) is 6.01. The molecule has 2 rings (SSSR count). The molecule has 0 saturated carbocycles. The van der Waals surface area contributed by atoms with Gasteiger partial charge in [-0.25, -0.2) is 0 Å². The van der Waals surface area contributed by atoms with E-state index in [0.29, 0.717) is 6.04 Å². The molecule has 0 unspecified atom stereocenters. The first-order chi connectivity index (χ1) is 6.31. The van der Waals surface area contributed by atoms with Gasteiger partial charge >= 0.3 is 0 Å². The van der Waals surface area contributed by atoms with Crippen molar-refractivity contribution in [2.24, 2.45) is 0 Å². The first-order valence-corrected chi connectivity index (χ1v) is 4.91. The number of hydrogen-bond acceptors (Lipinski definition) is 3. The normalized spacial score (nSPS) is 35.6. The first-order valence-electron chi connectivity index (χ1n) is 4.91. The number of carbonyl (C=O) groups excluding carboxylic acids is 1. The fourth-order valence-electron chi connectivity index (χ4n) is 2.16. The highest BCUT2D eigenvalue weighted by molar-refractivity contribution is 5.85. The van der Waals surface area contributed by atoms with Crippen LogP contribution in [0.3, 0.4) is 0 Å². The molecule has 0 aliphatic carbocycles. The highest BCUT2D eigenvalue weighted by Gasteiger charge is 2.36. The predicted molar refractivity (Wildman–Crippen MR) is 55.6 cm³/mol. The highest BCUT2D eigenvalue weighted by Crippen LogP contribution is 2.25. The Morgan fingerprint density at radius 3 is 2.93 bits per heavy atom. The van der Waals surface area contributed by atoms with Crippen LogP contribution in [0.15, 0.2) is 0 Å².